The number of carbonyl (C=O) groups excluding carboxylic acids is 2. The SMILES string of the molecule is CC(=O)O[C@@H]1[C@H](OC(C)=O)[C@@H](CO[Si](C)(C)C(C)(C)C)O[C@H]1n1c(=O)sc2c(=O)[nH]c(N)nc21. The molecule has 2 aromatic heterocycles. The molecular weight excluding hydrogens is 484 g/mol. The highest BCUT2D eigenvalue weighted by Crippen LogP contribution is 2.39. The van der Waals surface area contributed by atoms with Crippen LogP contribution in [-0.2, 0) is 28.2 Å². The smallest absolute Gasteiger partial charge is 0.311 e. The van der Waals surface area contributed by atoms with Crippen LogP contribution in [0.25, 0.3) is 10.3 Å². The summed E-state index contributed by atoms with van der Waals surface area (Å²) in [7, 11) is -2.22. The van der Waals surface area contributed by atoms with Gasteiger partial charge in [-0.15, -0.1) is 0 Å². The molecule has 34 heavy (non-hydrogen) atoms. The molecule has 0 bridgehead atoms. The number of anilines is 1. The second-order valence-corrected chi connectivity index (χ2v) is 15.4. The third kappa shape index (κ3) is 5.09. The summed E-state index contributed by atoms with van der Waals surface area (Å²) in [4.78, 5) is 54.9. The minimum Gasteiger partial charge on any atom is -0.456 e. The molecule has 12 nitrogen and oxygen atoms in total. The van der Waals surface area contributed by atoms with E-state index in [-0.39, 0.29) is 27.9 Å². The lowest BCUT2D eigenvalue weighted by Crippen LogP contribution is -2.46. The van der Waals surface area contributed by atoms with E-state index in [2.05, 4.69) is 43.8 Å². The molecule has 0 saturated carbocycles. The van der Waals surface area contributed by atoms with Gasteiger partial charge in [0.25, 0.3) is 5.56 Å². The van der Waals surface area contributed by atoms with Crippen molar-refractivity contribution in [1.29, 1.82) is 0 Å². The Morgan fingerprint density at radius 1 is 1.18 bits per heavy atom. The van der Waals surface area contributed by atoms with Crippen LogP contribution >= 0.6 is 11.3 Å². The monoisotopic (exact) mass is 514 g/mol. The number of ether oxygens (including phenoxy) is 3. The average Bonchev–Trinajstić information content (AvgIpc) is 3.16. The summed E-state index contributed by atoms with van der Waals surface area (Å²) in [5.41, 5.74) is 5.08. The van der Waals surface area contributed by atoms with Crippen LogP contribution in [0.4, 0.5) is 5.95 Å². The third-order valence-electron chi connectivity index (χ3n) is 6.05. The number of hydrogen-bond acceptors (Lipinski definition) is 11. The molecule has 188 valence electrons. The number of aromatic amines is 1. The molecule has 3 N–H and O–H groups in total. The third-order valence-corrected chi connectivity index (χ3v) is 11.5. The first kappa shape index (κ1) is 26.1. The predicted molar refractivity (Wildman–Crippen MR) is 127 cm³/mol. The van der Waals surface area contributed by atoms with E-state index < -0.39 is 55.2 Å². The zero-order chi connectivity index (χ0) is 25.6. The van der Waals surface area contributed by atoms with Crippen molar-refractivity contribution in [2.75, 3.05) is 12.3 Å². The van der Waals surface area contributed by atoms with Crippen molar-refractivity contribution in [3.05, 3.63) is 20.0 Å². The van der Waals surface area contributed by atoms with Gasteiger partial charge in [-0.2, -0.15) is 4.98 Å². The predicted octanol–water partition coefficient (Wildman–Crippen LogP) is 1.51. The van der Waals surface area contributed by atoms with Crippen LogP contribution in [-0.4, -0.2) is 59.7 Å². The van der Waals surface area contributed by atoms with E-state index in [1.54, 1.807) is 0 Å². The fourth-order valence-corrected chi connectivity index (χ4v) is 5.23. The van der Waals surface area contributed by atoms with E-state index in [1.807, 2.05) is 0 Å². The standard InChI is InChI=1S/C20H30N4O8SSi/c1-9(25)30-12-11(8-29-34(6,7)20(3,4)5)32-17(13(12)31-10(2)26)24-15-14(33-19(24)28)16(27)23-18(21)22-15/h11-13,17H,8H2,1-7H3,(H3,21,22,23,27)/t11-,12-,13-,17-/m1/s1. The molecular formula is C20H30N4O8SSi. The Labute approximate surface area is 200 Å². The number of hydrogen-bond donors (Lipinski definition) is 2. The maximum atomic E-state index is 12.9. The van der Waals surface area contributed by atoms with Crippen molar-refractivity contribution in [3.63, 3.8) is 0 Å². The molecule has 0 unspecified atom stereocenters. The fourth-order valence-electron chi connectivity index (χ4n) is 3.38. The van der Waals surface area contributed by atoms with E-state index in [1.165, 1.54) is 13.8 Å². The van der Waals surface area contributed by atoms with Crippen molar-refractivity contribution in [1.82, 2.24) is 14.5 Å². The lowest BCUT2D eigenvalue weighted by molar-refractivity contribution is -0.165. The molecule has 14 heteroatoms. The number of nitrogens with one attached hydrogen (secondary N) is 1. The summed E-state index contributed by atoms with van der Waals surface area (Å²) in [5.74, 6) is -1.48. The van der Waals surface area contributed by atoms with Crippen LogP contribution in [0.1, 0.15) is 40.8 Å². The molecule has 1 aliphatic rings. The number of nitrogen functional groups attached to an aromatic ring is 1. The Hall–Kier alpha value is -2.55. The van der Waals surface area contributed by atoms with Gasteiger partial charge in [-0.05, 0) is 18.1 Å². The Kier molecular flexibility index (Phi) is 7.08. The molecule has 0 aromatic carbocycles. The van der Waals surface area contributed by atoms with Crippen LogP contribution in [0.5, 0.6) is 0 Å². The van der Waals surface area contributed by atoms with Crippen LogP contribution in [0.15, 0.2) is 9.59 Å². The molecule has 0 spiro atoms. The molecule has 2 aromatic rings. The zero-order valence-corrected chi connectivity index (χ0v) is 22.0. The zero-order valence-electron chi connectivity index (χ0n) is 20.2. The van der Waals surface area contributed by atoms with Crippen molar-refractivity contribution >= 4 is 47.9 Å². The van der Waals surface area contributed by atoms with E-state index >= 15 is 0 Å². The number of thiazole rings is 1. The number of nitrogens with two attached hydrogens (primary N) is 1. The minimum absolute atomic E-state index is 0.0223. The van der Waals surface area contributed by atoms with Crippen LogP contribution in [0, 0.1) is 0 Å². The van der Waals surface area contributed by atoms with Gasteiger partial charge in [0, 0.05) is 13.8 Å². The molecule has 3 rings (SSSR count). The van der Waals surface area contributed by atoms with E-state index in [4.69, 9.17) is 24.4 Å². The summed E-state index contributed by atoms with van der Waals surface area (Å²) in [5, 5.41) is -0.0970. The first-order valence-electron chi connectivity index (χ1n) is 10.7. The molecule has 0 aliphatic carbocycles. The Morgan fingerprint density at radius 2 is 1.76 bits per heavy atom. The second-order valence-electron chi connectivity index (χ2n) is 9.63. The molecule has 1 aliphatic heterocycles. The van der Waals surface area contributed by atoms with Crippen molar-refractivity contribution in [2.45, 2.75) is 77.3 Å². The number of fused-ring (bicyclic) bond motifs is 1. The van der Waals surface area contributed by atoms with Gasteiger partial charge in [-0.1, -0.05) is 32.1 Å². The molecule has 0 radical (unpaired) electrons. The van der Waals surface area contributed by atoms with Crippen molar-refractivity contribution < 1.29 is 28.2 Å². The quantitative estimate of drug-likeness (QED) is 0.426. The summed E-state index contributed by atoms with van der Waals surface area (Å²) in [6, 6.07) is 0. The highest BCUT2D eigenvalue weighted by atomic mass is 32.1. The van der Waals surface area contributed by atoms with Crippen molar-refractivity contribution in [3.8, 4) is 0 Å². The highest BCUT2D eigenvalue weighted by Gasteiger charge is 2.52. The summed E-state index contributed by atoms with van der Waals surface area (Å²) < 4.78 is 24.5. The number of esters is 2. The van der Waals surface area contributed by atoms with Gasteiger partial charge in [0.1, 0.15) is 10.8 Å². The van der Waals surface area contributed by atoms with Gasteiger partial charge in [0.05, 0.1) is 6.61 Å². The number of nitrogens with zero attached hydrogens (tertiary/aromatic N) is 2. The molecule has 1 fully saturated rings. The van der Waals surface area contributed by atoms with Crippen LogP contribution in [0.2, 0.25) is 18.1 Å². The maximum absolute atomic E-state index is 12.9. The fraction of sp³-hybridized carbons (Fsp3) is 0.650. The first-order chi connectivity index (χ1) is 15.6. The maximum Gasteiger partial charge on any atom is 0.311 e. The Bertz CT molecular complexity index is 1210. The Balaban J connectivity index is 2.08. The van der Waals surface area contributed by atoms with E-state index in [0.717, 1.165) is 4.57 Å². The first-order valence-corrected chi connectivity index (χ1v) is 14.4. The van der Waals surface area contributed by atoms with Gasteiger partial charge in [0.2, 0.25) is 5.95 Å². The van der Waals surface area contributed by atoms with Crippen LogP contribution in [0.3, 0.4) is 0 Å². The van der Waals surface area contributed by atoms with Crippen LogP contribution < -0.4 is 16.2 Å². The number of aromatic nitrogens is 3. The summed E-state index contributed by atoms with van der Waals surface area (Å²) in [6.45, 7) is 12.8. The van der Waals surface area contributed by atoms with Gasteiger partial charge in [-0.3, -0.25) is 28.7 Å². The topological polar surface area (TPSA) is 165 Å². The van der Waals surface area contributed by atoms with Gasteiger partial charge < -0.3 is 24.4 Å². The number of H-pyrrole nitrogens is 1. The molecule has 4 atom stereocenters. The summed E-state index contributed by atoms with van der Waals surface area (Å²) >= 11 is 0.652. The lowest BCUT2D eigenvalue weighted by Gasteiger charge is -2.37. The molecule has 0 amide bonds. The van der Waals surface area contributed by atoms with Gasteiger partial charge in [0.15, 0.2) is 32.4 Å². The summed E-state index contributed by atoms with van der Waals surface area (Å²) in [6.07, 6.45) is -4.32. The van der Waals surface area contributed by atoms with E-state index in [0.29, 0.717) is 11.3 Å². The highest BCUT2D eigenvalue weighted by molar-refractivity contribution is 7.16. The minimum atomic E-state index is -2.22. The Morgan fingerprint density at radius 3 is 2.32 bits per heavy atom. The lowest BCUT2D eigenvalue weighted by atomic mass is 10.1. The second kappa shape index (κ2) is 9.24. The largest absolute Gasteiger partial charge is 0.456 e. The number of rotatable bonds is 6. The van der Waals surface area contributed by atoms with Gasteiger partial charge in [-0.25, -0.2) is 0 Å². The van der Waals surface area contributed by atoms with Gasteiger partial charge >= 0.3 is 16.8 Å². The van der Waals surface area contributed by atoms with E-state index in [9.17, 15) is 19.2 Å². The number of carbonyl (C=O) groups is 2. The average molecular weight is 515 g/mol. The normalized spacial score (nSPS) is 23.3. The molecule has 3 heterocycles. The van der Waals surface area contributed by atoms with Crippen molar-refractivity contribution in [2.24, 2.45) is 0 Å². The molecule has 1 saturated heterocycles.